The second kappa shape index (κ2) is 14.4. The number of ether oxygens (including phenoxy) is 2. The fourth-order valence-electron chi connectivity index (χ4n) is 4.12. The maximum absolute atomic E-state index is 9.10. The minimum atomic E-state index is -1.01. The standard InChI is InChI=1S/C28H40B2O6.C6H14O2.B/c1-25(2)26(3,4)34-29(33-25)21-15-9-11-17-23(21)31-19-13-14-20-32-24-18-12-10-16-22(24)30-35-27(5,6)28(7,8)36-30;1-5(2,7)6(3,4)8;/h9-12,15-18H,13-14,19-20H2,1-8H3;7-8H,1-4H3;. The molecular weight excluding hydrogens is 569 g/mol. The van der Waals surface area contributed by atoms with Crippen LogP contribution in [0.25, 0.3) is 0 Å². The topological polar surface area (TPSA) is 95.8 Å². The van der Waals surface area contributed by atoms with Crippen LogP contribution in [0.5, 0.6) is 11.5 Å². The fraction of sp³-hybridized carbons (Fsp3) is 0.647. The highest BCUT2D eigenvalue weighted by Gasteiger charge is 2.53. The van der Waals surface area contributed by atoms with Gasteiger partial charge in [0, 0.05) is 19.3 Å². The van der Waals surface area contributed by atoms with E-state index in [1.54, 1.807) is 27.7 Å². The van der Waals surface area contributed by atoms with Gasteiger partial charge in [-0.15, -0.1) is 0 Å². The van der Waals surface area contributed by atoms with E-state index in [1.165, 1.54) is 0 Å². The molecule has 2 aliphatic rings. The summed E-state index contributed by atoms with van der Waals surface area (Å²) >= 11 is 0. The lowest BCUT2D eigenvalue weighted by Gasteiger charge is -2.32. The zero-order valence-corrected chi connectivity index (χ0v) is 29.5. The van der Waals surface area contributed by atoms with Gasteiger partial charge in [0.05, 0.1) is 46.8 Å². The summed E-state index contributed by atoms with van der Waals surface area (Å²) in [4.78, 5) is 0. The van der Waals surface area contributed by atoms with Gasteiger partial charge in [0.15, 0.2) is 0 Å². The van der Waals surface area contributed by atoms with Crippen molar-refractivity contribution in [2.75, 3.05) is 13.2 Å². The number of rotatable bonds is 10. The van der Waals surface area contributed by atoms with Crippen LogP contribution in [0.15, 0.2) is 48.5 Å². The SMILES string of the molecule is CC(C)(O)C(C)(C)O.CC1(C)OB(c2ccccc2OCCCCOc2ccccc2B2OC(C)(C)C(C)(C)O2)OC1(C)C.[B]. The summed E-state index contributed by atoms with van der Waals surface area (Å²) in [6.07, 6.45) is 1.71. The number of hydrogen-bond donors (Lipinski definition) is 2. The first-order chi connectivity index (χ1) is 20.1. The molecule has 0 unspecified atom stereocenters. The molecule has 2 aliphatic heterocycles. The van der Waals surface area contributed by atoms with Crippen LogP contribution < -0.4 is 20.4 Å². The molecule has 2 heterocycles. The van der Waals surface area contributed by atoms with E-state index in [1.807, 2.05) is 48.5 Å². The Labute approximate surface area is 274 Å². The second-order valence-corrected chi connectivity index (χ2v) is 14.8. The van der Waals surface area contributed by atoms with E-state index < -0.39 is 47.8 Å². The van der Waals surface area contributed by atoms with Crippen LogP contribution in [0.3, 0.4) is 0 Å². The third kappa shape index (κ3) is 9.52. The molecule has 0 bridgehead atoms. The van der Waals surface area contributed by atoms with Crippen molar-refractivity contribution in [2.24, 2.45) is 0 Å². The maximum atomic E-state index is 9.10. The molecule has 3 radical (unpaired) electrons. The van der Waals surface area contributed by atoms with Crippen LogP contribution in [-0.4, -0.2) is 79.7 Å². The Balaban J connectivity index is 0.000000693. The van der Waals surface area contributed by atoms with Crippen molar-refractivity contribution in [3.63, 3.8) is 0 Å². The van der Waals surface area contributed by atoms with Crippen LogP contribution in [0.1, 0.15) is 95.9 Å². The Kier molecular flexibility index (Phi) is 12.5. The summed E-state index contributed by atoms with van der Waals surface area (Å²) in [5.74, 6) is 1.59. The van der Waals surface area contributed by atoms with Crippen molar-refractivity contribution < 1.29 is 38.3 Å². The summed E-state index contributed by atoms with van der Waals surface area (Å²) in [5.41, 5.74) is -1.74. The van der Waals surface area contributed by atoms with Crippen LogP contribution >= 0.6 is 0 Å². The molecule has 11 heteroatoms. The molecule has 0 aliphatic carbocycles. The van der Waals surface area contributed by atoms with Crippen LogP contribution in [-0.2, 0) is 18.6 Å². The molecule has 4 rings (SSSR count). The third-order valence-corrected chi connectivity index (χ3v) is 9.40. The number of benzene rings is 2. The zero-order valence-electron chi connectivity index (χ0n) is 29.5. The van der Waals surface area contributed by atoms with E-state index in [2.05, 4.69) is 55.4 Å². The predicted octanol–water partition coefficient (Wildman–Crippen LogP) is 4.67. The lowest BCUT2D eigenvalue weighted by molar-refractivity contribution is -0.107. The first-order valence-electron chi connectivity index (χ1n) is 15.7. The molecule has 0 amide bonds. The molecule has 2 fully saturated rings. The van der Waals surface area contributed by atoms with E-state index in [0.717, 1.165) is 35.3 Å². The minimum Gasteiger partial charge on any atom is -0.494 e. The largest absolute Gasteiger partial charge is 0.498 e. The van der Waals surface area contributed by atoms with Gasteiger partial charge < -0.3 is 38.3 Å². The Morgan fingerprint density at radius 1 is 0.556 bits per heavy atom. The summed E-state index contributed by atoms with van der Waals surface area (Å²) in [5, 5.41) is 18.2. The predicted molar refractivity (Wildman–Crippen MR) is 183 cm³/mol. The lowest BCUT2D eigenvalue weighted by atomic mass is 9.78. The van der Waals surface area contributed by atoms with E-state index >= 15 is 0 Å². The van der Waals surface area contributed by atoms with Gasteiger partial charge in [-0.05, 0) is 108 Å². The average Bonchev–Trinajstić information content (AvgIpc) is 3.25. The molecule has 2 N–H and O–H groups in total. The molecule has 45 heavy (non-hydrogen) atoms. The van der Waals surface area contributed by atoms with Crippen molar-refractivity contribution in [2.45, 2.75) is 130 Å². The normalized spacial score (nSPS) is 19.8. The molecule has 247 valence electrons. The summed E-state index contributed by atoms with van der Waals surface area (Å²) in [6, 6.07) is 15.9. The van der Waals surface area contributed by atoms with E-state index in [0.29, 0.717) is 13.2 Å². The van der Waals surface area contributed by atoms with Crippen molar-refractivity contribution >= 4 is 33.6 Å². The quantitative estimate of drug-likeness (QED) is 0.292. The van der Waals surface area contributed by atoms with Gasteiger partial charge in [0.1, 0.15) is 11.5 Å². The summed E-state index contributed by atoms with van der Waals surface area (Å²) in [6.45, 7) is 23.9. The van der Waals surface area contributed by atoms with Crippen molar-refractivity contribution in [3.8, 4) is 11.5 Å². The van der Waals surface area contributed by atoms with E-state index in [9.17, 15) is 0 Å². The van der Waals surface area contributed by atoms with Gasteiger partial charge in [-0.3, -0.25) is 0 Å². The molecule has 8 nitrogen and oxygen atoms in total. The van der Waals surface area contributed by atoms with Gasteiger partial charge in [0.2, 0.25) is 0 Å². The van der Waals surface area contributed by atoms with Crippen molar-refractivity contribution in [1.82, 2.24) is 0 Å². The molecule has 2 aromatic carbocycles. The van der Waals surface area contributed by atoms with Gasteiger partial charge in [0.25, 0.3) is 0 Å². The molecule has 2 aromatic rings. The molecule has 0 atom stereocenters. The monoisotopic (exact) mass is 623 g/mol. The average molecular weight is 623 g/mol. The molecular formula is C34H54B3O8. The third-order valence-electron chi connectivity index (χ3n) is 9.40. The Morgan fingerprint density at radius 2 is 0.822 bits per heavy atom. The highest BCUT2D eigenvalue weighted by Crippen LogP contribution is 2.38. The summed E-state index contributed by atoms with van der Waals surface area (Å²) < 4.78 is 37.2. The van der Waals surface area contributed by atoms with Crippen LogP contribution in [0, 0.1) is 0 Å². The number of hydrogen-bond acceptors (Lipinski definition) is 8. The molecule has 0 spiro atoms. The Morgan fingerprint density at radius 3 is 1.09 bits per heavy atom. The van der Waals surface area contributed by atoms with Gasteiger partial charge in [-0.2, -0.15) is 0 Å². The summed E-state index contributed by atoms with van der Waals surface area (Å²) in [7, 11) is -0.887. The van der Waals surface area contributed by atoms with E-state index in [4.69, 9.17) is 38.3 Å². The molecule has 2 saturated heterocycles. The molecule has 0 aromatic heterocycles. The van der Waals surface area contributed by atoms with Crippen molar-refractivity contribution in [1.29, 1.82) is 0 Å². The zero-order chi connectivity index (χ0) is 33.2. The highest BCUT2D eigenvalue weighted by molar-refractivity contribution is 6.63. The second-order valence-electron chi connectivity index (χ2n) is 14.8. The Bertz CT molecular complexity index is 1110. The lowest BCUT2D eigenvalue weighted by Crippen LogP contribution is -2.44. The van der Waals surface area contributed by atoms with Crippen LogP contribution in [0.2, 0.25) is 0 Å². The first kappa shape index (κ1) is 39.2. The Hall–Kier alpha value is -2.01. The van der Waals surface area contributed by atoms with Crippen LogP contribution in [0.4, 0.5) is 0 Å². The number of para-hydroxylation sites is 2. The fourth-order valence-corrected chi connectivity index (χ4v) is 4.12. The molecule has 0 saturated carbocycles. The van der Waals surface area contributed by atoms with Gasteiger partial charge >= 0.3 is 14.2 Å². The van der Waals surface area contributed by atoms with Gasteiger partial charge in [-0.1, -0.05) is 36.4 Å². The minimum absolute atomic E-state index is 0. The smallest absolute Gasteiger partial charge is 0.494 e. The van der Waals surface area contributed by atoms with Gasteiger partial charge in [-0.25, -0.2) is 0 Å². The first-order valence-corrected chi connectivity index (χ1v) is 15.7. The highest BCUT2D eigenvalue weighted by atomic mass is 16.7. The number of aliphatic hydroxyl groups is 2. The number of unbranched alkanes of at least 4 members (excludes halogenated alkanes) is 1. The van der Waals surface area contributed by atoms with Crippen molar-refractivity contribution in [3.05, 3.63) is 48.5 Å². The maximum Gasteiger partial charge on any atom is 0.498 e. The van der Waals surface area contributed by atoms with E-state index in [-0.39, 0.29) is 8.41 Å².